The molecule has 0 spiro atoms. The monoisotopic (exact) mass is 246 g/mol. The van der Waals surface area contributed by atoms with Crippen molar-refractivity contribution < 1.29 is 4.74 Å². The van der Waals surface area contributed by atoms with E-state index in [9.17, 15) is 4.79 Å². The van der Waals surface area contributed by atoms with E-state index in [4.69, 9.17) is 10.5 Å². The number of rotatable bonds is 3. The van der Waals surface area contributed by atoms with Crippen molar-refractivity contribution in [1.82, 2.24) is 14.5 Å². The highest BCUT2D eigenvalue weighted by molar-refractivity contribution is 5.38. The molecule has 0 aliphatic rings. The van der Waals surface area contributed by atoms with Gasteiger partial charge in [0.1, 0.15) is 5.82 Å². The van der Waals surface area contributed by atoms with Gasteiger partial charge in [-0.25, -0.2) is 9.97 Å². The summed E-state index contributed by atoms with van der Waals surface area (Å²) in [4.78, 5) is 20.1. The van der Waals surface area contributed by atoms with Crippen LogP contribution in [0.4, 0.5) is 5.82 Å². The Hall–Kier alpha value is -2.37. The Labute approximate surface area is 104 Å². The lowest BCUT2D eigenvalue weighted by molar-refractivity contribution is 0.350. The summed E-state index contributed by atoms with van der Waals surface area (Å²) in [7, 11) is 1.48. The van der Waals surface area contributed by atoms with Gasteiger partial charge in [0.05, 0.1) is 13.7 Å². The van der Waals surface area contributed by atoms with Crippen molar-refractivity contribution in [3.63, 3.8) is 0 Å². The number of hydrogen-bond acceptors (Lipinski definition) is 5. The molecule has 6 nitrogen and oxygen atoms in total. The van der Waals surface area contributed by atoms with Gasteiger partial charge in [-0.3, -0.25) is 9.36 Å². The Balaban J connectivity index is 2.47. The Morgan fingerprint density at radius 3 is 2.94 bits per heavy atom. The fraction of sp³-hybridized carbons (Fsp3) is 0.250. The van der Waals surface area contributed by atoms with Crippen molar-refractivity contribution in [3.05, 3.63) is 46.0 Å². The average Bonchev–Trinajstić information content (AvgIpc) is 2.34. The molecule has 0 amide bonds. The number of aromatic nitrogens is 3. The number of nitrogens with two attached hydrogens (primary N) is 1. The van der Waals surface area contributed by atoms with Crippen LogP contribution >= 0.6 is 0 Å². The first kappa shape index (κ1) is 12.1. The van der Waals surface area contributed by atoms with E-state index in [0.29, 0.717) is 11.5 Å². The van der Waals surface area contributed by atoms with E-state index in [1.54, 1.807) is 19.2 Å². The predicted molar refractivity (Wildman–Crippen MR) is 67.5 cm³/mol. The highest BCUT2D eigenvalue weighted by Gasteiger charge is 2.09. The zero-order valence-electron chi connectivity index (χ0n) is 10.3. The summed E-state index contributed by atoms with van der Waals surface area (Å²) in [5, 5.41) is 0. The molecule has 0 atom stereocenters. The second-order valence-electron chi connectivity index (χ2n) is 3.86. The minimum absolute atomic E-state index is 0.178. The number of ether oxygens (including phenoxy) is 1. The van der Waals surface area contributed by atoms with E-state index in [0.717, 1.165) is 5.56 Å². The molecule has 0 saturated heterocycles. The third kappa shape index (κ3) is 2.32. The largest absolute Gasteiger partial charge is 0.468 e. The number of hydrogen-bond donors (Lipinski definition) is 1. The highest BCUT2D eigenvalue weighted by atomic mass is 16.5. The van der Waals surface area contributed by atoms with Gasteiger partial charge >= 0.3 is 0 Å². The molecule has 0 aliphatic heterocycles. The SMILES string of the molecule is COc1nc(C)cc(=O)n1Cc1cccnc1N. The van der Waals surface area contributed by atoms with Crippen LogP contribution in [0.3, 0.4) is 0 Å². The summed E-state index contributed by atoms with van der Waals surface area (Å²) in [6.45, 7) is 2.03. The van der Waals surface area contributed by atoms with E-state index in [1.165, 1.54) is 17.7 Å². The van der Waals surface area contributed by atoms with Crippen LogP contribution in [0.25, 0.3) is 0 Å². The van der Waals surface area contributed by atoms with Crippen molar-refractivity contribution in [2.24, 2.45) is 0 Å². The summed E-state index contributed by atoms with van der Waals surface area (Å²) in [5.74, 6) is 0.395. The smallest absolute Gasteiger partial charge is 0.299 e. The van der Waals surface area contributed by atoms with Crippen molar-refractivity contribution in [3.8, 4) is 6.01 Å². The number of aryl methyl sites for hydroxylation is 1. The van der Waals surface area contributed by atoms with Gasteiger partial charge in [0.15, 0.2) is 0 Å². The Kier molecular flexibility index (Phi) is 3.27. The van der Waals surface area contributed by atoms with Crippen LogP contribution in [0.2, 0.25) is 0 Å². The van der Waals surface area contributed by atoms with E-state index in [2.05, 4.69) is 9.97 Å². The molecule has 2 aromatic rings. The van der Waals surface area contributed by atoms with Gasteiger partial charge in [0, 0.05) is 23.5 Å². The van der Waals surface area contributed by atoms with Crippen molar-refractivity contribution in [2.45, 2.75) is 13.5 Å². The van der Waals surface area contributed by atoms with Gasteiger partial charge in [-0.05, 0) is 13.0 Å². The number of nitrogen functional groups attached to an aromatic ring is 1. The first-order valence-electron chi connectivity index (χ1n) is 5.43. The van der Waals surface area contributed by atoms with Gasteiger partial charge in [0.2, 0.25) is 0 Å². The quantitative estimate of drug-likeness (QED) is 0.856. The zero-order chi connectivity index (χ0) is 13.1. The fourth-order valence-electron chi connectivity index (χ4n) is 1.65. The summed E-state index contributed by atoms with van der Waals surface area (Å²) in [5.41, 5.74) is 6.95. The topological polar surface area (TPSA) is 83.0 Å². The first-order valence-corrected chi connectivity index (χ1v) is 5.43. The lowest BCUT2D eigenvalue weighted by Crippen LogP contribution is -2.23. The Bertz CT molecular complexity index is 622. The Morgan fingerprint density at radius 1 is 1.50 bits per heavy atom. The summed E-state index contributed by atoms with van der Waals surface area (Å²) in [6, 6.07) is 5.30. The van der Waals surface area contributed by atoms with E-state index >= 15 is 0 Å². The molecule has 18 heavy (non-hydrogen) atoms. The maximum Gasteiger partial charge on any atom is 0.299 e. The standard InChI is InChI=1S/C12H14N4O2/c1-8-6-10(17)16(12(15-8)18-2)7-9-4-3-5-14-11(9)13/h3-6H,7H2,1-2H3,(H2,13,14). The van der Waals surface area contributed by atoms with Crippen LogP contribution in [0.1, 0.15) is 11.3 Å². The number of nitrogens with zero attached hydrogens (tertiary/aromatic N) is 3. The molecule has 94 valence electrons. The van der Waals surface area contributed by atoms with E-state index in [-0.39, 0.29) is 18.1 Å². The van der Waals surface area contributed by atoms with Gasteiger partial charge in [-0.15, -0.1) is 0 Å². The van der Waals surface area contributed by atoms with Gasteiger partial charge in [-0.2, -0.15) is 0 Å². The molecular weight excluding hydrogens is 232 g/mol. The number of methoxy groups -OCH3 is 1. The second-order valence-corrected chi connectivity index (χ2v) is 3.86. The molecule has 2 aromatic heterocycles. The maximum absolute atomic E-state index is 11.9. The van der Waals surface area contributed by atoms with Gasteiger partial charge in [0.25, 0.3) is 11.6 Å². The molecule has 0 fully saturated rings. The molecule has 0 saturated carbocycles. The normalized spacial score (nSPS) is 10.3. The van der Waals surface area contributed by atoms with Gasteiger partial charge < -0.3 is 10.5 Å². The van der Waals surface area contributed by atoms with Crippen molar-refractivity contribution >= 4 is 5.82 Å². The first-order chi connectivity index (χ1) is 8.61. The summed E-state index contributed by atoms with van der Waals surface area (Å²) < 4.78 is 6.53. The molecule has 0 aliphatic carbocycles. The van der Waals surface area contributed by atoms with Crippen molar-refractivity contribution in [1.29, 1.82) is 0 Å². The molecule has 2 heterocycles. The molecular formula is C12H14N4O2. The highest BCUT2D eigenvalue weighted by Crippen LogP contribution is 2.12. The summed E-state index contributed by atoms with van der Waals surface area (Å²) in [6.07, 6.45) is 1.60. The fourth-order valence-corrected chi connectivity index (χ4v) is 1.65. The summed E-state index contributed by atoms with van der Waals surface area (Å²) >= 11 is 0. The molecule has 0 bridgehead atoms. The molecule has 6 heteroatoms. The molecule has 0 unspecified atom stereocenters. The van der Waals surface area contributed by atoms with E-state index < -0.39 is 0 Å². The average molecular weight is 246 g/mol. The number of pyridine rings is 1. The molecule has 2 rings (SSSR count). The predicted octanol–water partition coefficient (Wildman–Crippen LogP) is 0.586. The number of anilines is 1. The third-order valence-corrected chi connectivity index (χ3v) is 2.54. The van der Waals surface area contributed by atoms with Crippen LogP contribution in [0.15, 0.2) is 29.2 Å². The lowest BCUT2D eigenvalue weighted by Gasteiger charge is -2.11. The molecule has 0 radical (unpaired) electrons. The lowest BCUT2D eigenvalue weighted by atomic mass is 10.2. The van der Waals surface area contributed by atoms with Crippen LogP contribution in [-0.2, 0) is 6.54 Å². The zero-order valence-corrected chi connectivity index (χ0v) is 10.3. The van der Waals surface area contributed by atoms with Gasteiger partial charge in [-0.1, -0.05) is 6.07 Å². The molecule has 0 aromatic carbocycles. The maximum atomic E-state index is 11.9. The molecule has 2 N–H and O–H groups in total. The van der Waals surface area contributed by atoms with Crippen LogP contribution < -0.4 is 16.0 Å². The Morgan fingerprint density at radius 2 is 2.28 bits per heavy atom. The van der Waals surface area contributed by atoms with Crippen LogP contribution in [0, 0.1) is 6.92 Å². The second kappa shape index (κ2) is 4.87. The minimum Gasteiger partial charge on any atom is -0.468 e. The minimum atomic E-state index is -0.178. The third-order valence-electron chi connectivity index (χ3n) is 2.54. The van der Waals surface area contributed by atoms with Crippen LogP contribution in [0.5, 0.6) is 6.01 Å². The van der Waals surface area contributed by atoms with E-state index in [1.807, 2.05) is 6.07 Å². The van der Waals surface area contributed by atoms with Crippen LogP contribution in [-0.4, -0.2) is 21.6 Å². The van der Waals surface area contributed by atoms with Crippen molar-refractivity contribution in [2.75, 3.05) is 12.8 Å².